The van der Waals surface area contributed by atoms with Gasteiger partial charge in [0.2, 0.25) is 0 Å². The second-order valence-electron chi connectivity index (χ2n) is 3.39. The molecule has 0 saturated heterocycles. The van der Waals surface area contributed by atoms with Gasteiger partial charge in [-0.3, -0.25) is 4.79 Å². The summed E-state index contributed by atoms with van der Waals surface area (Å²) < 4.78 is 15.5. The first kappa shape index (κ1) is 14.2. The van der Waals surface area contributed by atoms with Crippen molar-refractivity contribution in [3.8, 4) is 0 Å². The number of nitrogens with zero attached hydrogens (tertiary/aromatic N) is 1. The molecule has 0 N–H and O–H groups in total. The number of hydrogen-bond acceptors (Lipinski definition) is 4. The van der Waals surface area contributed by atoms with Crippen LogP contribution >= 0.6 is 15.9 Å². The van der Waals surface area contributed by atoms with E-state index < -0.39 is 0 Å². The molecule has 1 amide bonds. The molecule has 96 valence electrons. The van der Waals surface area contributed by atoms with E-state index in [0.29, 0.717) is 36.5 Å². The van der Waals surface area contributed by atoms with Gasteiger partial charge in [0.1, 0.15) is 0 Å². The van der Waals surface area contributed by atoms with E-state index in [1.54, 1.807) is 25.2 Å². The lowest BCUT2D eigenvalue weighted by Gasteiger charge is -2.21. The SMILES string of the molecule is COCCN(CCOC)C(=O)c1ccoc1Br. The third-order valence-electron chi connectivity index (χ3n) is 2.27. The maximum absolute atomic E-state index is 12.2. The number of carbonyl (C=O) groups is 1. The summed E-state index contributed by atoms with van der Waals surface area (Å²) in [6, 6.07) is 1.64. The number of halogens is 1. The van der Waals surface area contributed by atoms with Crippen molar-refractivity contribution in [1.82, 2.24) is 4.90 Å². The highest BCUT2D eigenvalue weighted by atomic mass is 79.9. The molecule has 0 aliphatic carbocycles. The molecule has 1 aromatic heterocycles. The third-order valence-corrected chi connectivity index (χ3v) is 2.88. The third kappa shape index (κ3) is 4.14. The number of amides is 1. The van der Waals surface area contributed by atoms with Crippen LogP contribution in [0.15, 0.2) is 21.4 Å². The second-order valence-corrected chi connectivity index (χ2v) is 4.11. The zero-order chi connectivity index (χ0) is 12.7. The predicted molar refractivity (Wildman–Crippen MR) is 66.1 cm³/mol. The maximum Gasteiger partial charge on any atom is 0.258 e. The summed E-state index contributed by atoms with van der Waals surface area (Å²) in [4.78, 5) is 13.8. The molecule has 0 spiro atoms. The molecule has 17 heavy (non-hydrogen) atoms. The van der Waals surface area contributed by atoms with Crippen LogP contribution in [0.3, 0.4) is 0 Å². The van der Waals surface area contributed by atoms with Crippen molar-refractivity contribution in [2.45, 2.75) is 0 Å². The lowest BCUT2D eigenvalue weighted by molar-refractivity contribution is 0.0625. The van der Waals surface area contributed by atoms with Gasteiger partial charge in [0.25, 0.3) is 5.91 Å². The van der Waals surface area contributed by atoms with Crippen molar-refractivity contribution >= 4 is 21.8 Å². The minimum atomic E-state index is -0.0975. The predicted octanol–water partition coefficient (Wildman–Crippen LogP) is 1.78. The fourth-order valence-corrected chi connectivity index (χ4v) is 1.74. The molecule has 1 rings (SSSR count). The Kier molecular flexibility index (Phi) is 6.25. The molecule has 6 heteroatoms. The Morgan fingerprint density at radius 2 is 1.94 bits per heavy atom. The van der Waals surface area contributed by atoms with Gasteiger partial charge < -0.3 is 18.8 Å². The lowest BCUT2D eigenvalue weighted by atomic mass is 10.3. The Morgan fingerprint density at radius 1 is 1.35 bits per heavy atom. The van der Waals surface area contributed by atoms with E-state index in [2.05, 4.69) is 15.9 Å². The van der Waals surface area contributed by atoms with Crippen LogP contribution in [0.4, 0.5) is 0 Å². The van der Waals surface area contributed by atoms with Crippen LogP contribution in [0.2, 0.25) is 0 Å². The summed E-state index contributed by atoms with van der Waals surface area (Å²) in [5.74, 6) is -0.0975. The molecule has 5 nitrogen and oxygen atoms in total. The smallest absolute Gasteiger partial charge is 0.258 e. The Hall–Kier alpha value is -0.850. The normalized spacial score (nSPS) is 10.5. The molecule has 0 bridgehead atoms. The minimum absolute atomic E-state index is 0.0975. The van der Waals surface area contributed by atoms with Crippen LogP contribution in [0.5, 0.6) is 0 Å². The maximum atomic E-state index is 12.2. The number of rotatable bonds is 7. The van der Waals surface area contributed by atoms with Gasteiger partial charge in [-0.1, -0.05) is 0 Å². The molecule has 0 aromatic carbocycles. The van der Waals surface area contributed by atoms with E-state index in [1.807, 2.05) is 0 Å². The summed E-state index contributed by atoms with van der Waals surface area (Å²) in [6.45, 7) is 2.03. The Morgan fingerprint density at radius 3 is 2.35 bits per heavy atom. The molecular formula is C11H16BrNO4. The highest BCUT2D eigenvalue weighted by Crippen LogP contribution is 2.19. The Bertz CT molecular complexity index is 345. The molecule has 0 aliphatic rings. The monoisotopic (exact) mass is 305 g/mol. The number of methoxy groups -OCH3 is 2. The number of furan rings is 1. The van der Waals surface area contributed by atoms with Gasteiger partial charge in [-0.05, 0) is 22.0 Å². The quantitative estimate of drug-likeness (QED) is 0.770. The standard InChI is InChI=1S/C11H16BrNO4/c1-15-7-4-13(5-8-16-2)11(14)9-3-6-17-10(9)12/h3,6H,4-5,7-8H2,1-2H3. The first-order chi connectivity index (χ1) is 8.20. The molecule has 0 saturated carbocycles. The van der Waals surface area contributed by atoms with E-state index in [0.717, 1.165) is 0 Å². The number of ether oxygens (including phenoxy) is 2. The largest absolute Gasteiger partial charge is 0.457 e. The van der Waals surface area contributed by atoms with Gasteiger partial charge in [0.15, 0.2) is 4.67 Å². The van der Waals surface area contributed by atoms with Gasteiger partial charge in [0, 0.05) is 27.3 Å². The van der Waals surface area contributed by atoms with Crippen LogP contribution in [0, 0.1) is 0 Å². The molecular weight excluding hydrogens is 290 g/mol. The van der Waals surface area contributed by atoms with Crippen LogP contribution in [-0.4, -0.2) is 51.3 Å². The van der Waals surface area contributed by atoms with Gasteiger partial charge in [0.05, 0.1) is 25.0 Å². The van der Waals surface area contributed by atoms with Crippen LogP contribution in [-0.2, 0) is 9.47 Å². The highest BCUT2D eigenvalue weighted by molar-refractivity contribution is 9.10. The summed E-state index contributed by atoms with van der Waals surface area (Å²) >= 11 is 3.19. The van der Waals surface area contributed by atoms with Gasteiger partial charge in [-0.25, -0.2) is 0 Å². The van der Waals surface area contributed by atoms with Crippen molar-refractivity contribution in [3.63, 3.8) is 0 Å². The minimum Gasteiger partial charge on any atom is -0.457 e. The fourth-order valence-electron chi connectivity index (χ4n) is 1.33. The van der Waals surface area contributed by atoms with Gasteiger partial charge in [-0.15, -0.1) is 0 Å². The molecule has 1 aromatic rings. The molecule has 0 fully saturated rings. The molecule has 0 radical (unpaired) electrons. The molecule has 0 unspecified atom stereocenters. The van der Waals surface area contributed by atoms with E-state index >= 15 is 0 Å². The van der Waals surface area contributed by atoms with Crippen molar-refractivity contribution < 1.29 is 18.7 Å². The van der Waals surface area contributed by atoms with E-state index in [4.69, 9.17) is 13.9 Å². The van der Waals surface area contributed by atoms with Crippen molar-refractivity contribution in [3.05, 3.63) is 22.6 Å². The van der Waals surface area contributed by atoms with Crippen molar-refractivity contribution in [2.75, 3.05) is 40.5 Å². The Balaban J connectivity index is 2.68. The van der Waals surface area contributed by atoms with Crippen LogP contribution in [0.25, 0.3) is 0 Å². The summed E-state index contributed by atoms with van der Waals surface area (Å²) in [7, 11) is 3.21. The van der Waals surface area contributed by atoms with Crippen LogP contribution < -0.4 is 0 Å². The summed E-state index contributed by atoms with van der Waals surface area (Å²) in [5.41, 5.74) is 0.511. The van der Waals surface area contributed by atoms with Crippen molar-refractivity contribution in [2.24, 2.45) is 0 Å². The zero-order valence-electron chi connectivity index (χ0n) is 9.94. The average molecular weight is 306 g/mol. The first-order valence-electron chi connectivity index (χ1n) is 5.20. The second kappa shape index (κ2) is 7.47. The first-order valence-corrected chi connectivity index (χ1v) is 6.00. The fraction of sp³-hybridized carbons (Fsp3) is 0.545. The van der Waals surface area contributed by atoms with E-state index in [1.165, 1.54) is 6.26 Å². The summed E-state index contributed by atoms with van der Waals surface area (Å²) in [6.07, 6.45) is 1.47. The van der Waals surface area contributed by atoms with Crippen molar-refractivity contribution in [1.29, 1.82) is 0 Å². The zero-order valence-corrected chi connectivity index (χ0v) is 11.5. The Labute approximate surface area is 109 Å². The molecule has 1 heterocycles. The number of carbonyl (C=O) groups excluding carboxylic acids is 1. The van der Waals surface area contributed by atoms with E-state index in [-0.39, 0.29) is 5.91 Å². The average Bonchev–Trinajstić information content (AvgIpc) is 2.75. The lowest BCUT2D eigenvalue weighted by Crippen LogP contribution is -2.36. The van der Waals surface area contributed by atoms with Gasteiger partial charge >= 0.3 is 0 Å². The van der Waals surface area contributed by atoms with E-state index in [9.17, 15) is 4.79 Å². The molecule has 0 atom stereocenters. The topological polar surface area (TPSA) is 51.9 Å². The van der Waals surface area contributed by atoms with Gasteiger partial charge in [-0.2, -0.15) is 0 Å². The molecule has 0 aliphatic heterocycles. The number of hydrogen-bond donors (Lipinski definition) is 0. The highest BCUT2D eigenvalue weighted by Gasteiger charge is 2.19. The van der Waals surface area contributed by atoms with Crippen LogP contribution in [0.1, 0.15) is 10.4 Å². The summed E-state index contributed by atoms with van der Waals surface area (Å²) in [5, 5.41) is 0.